The summed E-state index contributed by atoms with van der Waals surface area (Å²) < 4.78 is 0. The quantitative estimate of drug-likeness (QED) is 0.872. The van der Waals surface area contributed by atoms with Crippen molar-refractivity contribution < 1.29 is 0 Å². The minimum atomic E-state index is 0.0457. The maximum absolute atomic E-state index is 5.89. The lowest BCUT2D eigenvalue weighted by Gasteiger charge is -2.20. The third-order valence-corrected chi connectivity index (χ3v) is 3.13. The second-order valence-electron chi connectivity index (χ2n) is 4.17. The summed E-state index contributed by atoms with van der Waals surface area (Å²) in [6.45, 7) is 4.15. The van der Waals surface area contributed by atoms with Crippen LogP contribution < -0.4 is 5.32 Å². The van der Waals surface area contributed by atoms with Gasteiger partial charge in [-0.2, -0.15) is 5.21 Å². The van der Waals surface area contributed by atoms with Gasteiger partial charge in [-0.25, -0.2) is 0 Å². The maximum atomic E-state index is 5.89. The van der Waals surface area contributed by atoms with E-state index in [2.05, 4.69) is 32.9 Å². The summed E-state index contributed by atoms with van der Waals surface area (Å²) in [6, 6.07) is 8.17. The molecule has 0 aliphatic rings. The van der Waals surface area contributed by atoms with E-state index in [4.69, 9.17) is 11.6 Å². The van der Waals surface area contributed by atoms with Gasteiger partial charge >= 0.3 is 0 Å². The summed E-state index contributed by atoms with van der Waals surface area (Å²) in [5.41, 5.74) is 1.21. The number of hydrogen-bond acceptors (Lipinski definition) is 4. The van der Waals surface area contributed by atoms with Crippen molar-refractivity contribution in [2.45, 2.75) is 32.4 Å². The summed E-state index contributed by atoms with van der Waals surface area (Å²) in [7, 11) is 0. The zero-order valence-electron chi connectivity index (χ0n) is 10.4. The Bertz CT molecular complexity index is 468. The Morgan fingerprint density at radius 1 is 1.33 bits per heavy atom. The number of nitrogens with zero attached hydrogens (tertiary/aromatic N) is 3. The van der Waals surface area contributed by atoms with Crippen LogP contribution >= 0.6 is 11.6 Å². The zero-order chi connectivity index (χ0) is 13.0. The standard InChI is InChI=1S/C12H16ClN5/c1-3-11(9-4-6-10(13)7-5-9)14-8(2)12-15-17-18-16-12/h4-8,11,14H,3H2,1-2H3,(H,15,16,17,18). The lowest BCUT2D eigenvalue weighted by Crippen LogP contribution is -2.25. The number of aromatic amines is 1. The Labute approximate surface area is 111 Å². The molecule has 96 valence electrons. The molecule has 2 atom stereocenters. The summed E-state index contributed by atoms with van der Waals surface area (Å²) in [4.78, 5) is 0. The average Bonchev–Trinajstić information content (AvgIpc) is 2.91. The third-order valence-electron chi connectivity index (χ3n) is 2.88. The number of H-pyrrole nitrogens is 1. The molecule has 2 rings (SSSR count). The van der Waals surface area contributed by atoms with E-state index >= 15 is 0 Å². The van der Waals surface area contributed by atoms with E-state index in [9.17, 15) is 0 Å². The maximum Gasteiger partial charge on any atom is 0.191 e. The predicted octanol–water partition coefficient (Wildman–Crippen LogP) is 2.66. The number of hydrogen-bond donors (Lipinski definition) is 2. The van der Waals surface area contributed by atoms with Gasteiger partial charge in [0.2, 0.25) is 0 Å². The molecule has 6 heteroatoms. The molecule has 1 heterocycles. The molecule has 0 aliphatic carbocycles. The molecule has 0 spiro atoms. The summed E-state index contributed by atoms with van der Waals surface area (Å²) in [5.74, 6) is 0.669. The molecule has 2 unspecified atom stereocenters. The van der Waals surface area contributed by atoms with Gasteiger partial charge in [-0.15, -0.1) is 10.2 Å². The van der Waals surface area contributed by atoms with Gasteiger partial charge in [0, 0.05) is 11.1 Å². The van der Waals surface area contributed by atoms with Gasteiger partial charge in [-0.05, 0) is 31.0 Å². The molecule has 0 aliphatic heterocycles. The van der Waals surface area contributed by atoms with Crippen molar-refractivity contribution in [2.75, 3.05) is 0 Å². The van der Waals surface area contributed by atoms with E-state index in [0.717, 1.165) is 11.4 Å². The average molecular weight is 266 g/mol. The van der Waals surface area contributed by atoms with Crippen molar-refractivity contribution in [1.29, 1.82) is 0 Å². The van der Waals surface area contributed by atoms with E-state index in [0.29, 0.717) is 5.82 Å². The topological polar surface area (TPSA) is 66.5 Å². The van der Waals surface area contributed by atoms with Crippen LogP contribution in [0.3, 0.4) is 0 Å². The van der Waals surface area contributed by atoms with E-state index in [1.54, 1.807) is 0 Å². The first-order valence-electron chi connectivity index (χ1n) is 5.95. The van der Waals surface area contributed by atoms with Crippen molar-refractivity contribution in [1.82, 2.24) is 25.9 Å². The Hall–Kier alpha value is -1.46. The van der Waals surface area contributed by atoms with Gasteiger partial charge < -0.3 is 5.32 Å². The second kappa shape index (κ2) is 5.93. The van der Waals surface area contributed by atoms with E-state index in [-0.39, 0.29) is 12.1 Å². The lowest BCUT2D eigenvalue weighted by molar-refractivity contribution is 0.443. The second-order valence-corrected chi connectivity index (χ2v) is 4.61. The fourth-order valence-electron chi connectivity index (χ4n) is 1.87. The Morgan fingerprint density at radius 3 is 2.61 bits per heavy atom. The molecule has 5 nitrogen and oxygen atoms in total. The van der Waals surface area contributed by atoms with Crippen molar-refractivity contribution in [3.05, 3.63) is 40.7 Å². The normalized spacial score (nSPS) is 14.4. The first kappa shape index (κ1) is 13.0. The van der Waals surface area contributed by atoms with Gasteiger partial charge in [0.05, 0.1) is 6.04 Å². The molecule has 2 N–H and O–H groups in total. The molecular formula is C12H16ClN5. The first-order valence-corrected chi connectivity index (χ1v) is 6.33. The van der Waals surface area contributed by atoms with E-state index < -0.39 is 0 Å². The molecule has 0 saturated heterocycles. The fraction of sp³-hybridized carbons (Fsp3) is 0.417. The largest absolute Gasteiger partial charge is 0.300 e. The number of benzene rings is 1. The Balaban J connectivity index is 2.07. The van der Waals surface area contributed by atoms with Gasteiger partial charge in [-0.1, -0.05) is 35.9 Å². The van der Waals surface area contributed by atoms with Crippen LogP contribution in [0.1, 0.15) is 43.7 Å². The minimum Gasteiger partial charge on any atom is -0.300 e. The first-order chi connectivity index (χ1) is 8.70. The fourth-order valence-corrected chi connectivity index (χ4v) is 2.00. The molecule has 0 bridgehead atoms. The molecule has 0 amide bonds. The smallest absolute Gasteiger partial charge is 0.191 e. The summed E-state index contributed by atoms with van der Waals surface area (Å²) in [6.07, 6.45) is 0.976. The summed E-state index contributed by atoms with van der Waals surface area (Å²) >= 11 is 5.89. The number of rotatable bonds is 5. The molecule has 18 heavy (non-hydrogen) atoms. The number of nitrogens with one attached hydrogen (secondary N) is 2. The van der Waals surface area contributed by atoms with E-state index in [1.165, 1.54) is 5.56 Å². The Morgan fingerprint density at radius 2 is 2.06 bits per heavy atom. The molecule has 1 aromatic carbocycles. The minimum absolute atomic E-state index is 0.0457. The van der Waals surface area contributed by atoms with Gasteiger partial charge in [0.25, 0.3) is 0 Å². The van der Waals surface area contributed by atoms with Crippen molar-refractivity contribution in [2.24, 2.45) is 0 Å². The predicted molar refractivity (Wildman–Crippen MR) is 70.2 cm³/mol. The summed E-state index contributed by atoms with van der Waals surface area (Å²) in [5, 5.41) is 18.2. The van der Waals surface area contributed by atoms with Crippen LogP contribution in [0, 0.1) is 0 Å². The van der Waals surface area contributed by atoms with Crippen molar-refractivity contribution in [3.63, 3.8) is 0 Å². The van der Waals surface area contributed by atoms with Crippen LogP contribution in [0.5, 0.6) is 0 Å². The number of halogens is 1. The van der Waals surface area contributed by atoms with Gasteiger partial charge in [0.1, 0.15) is 0 Å². The van der Waals surface area contributed by atoms with Crippen LogP contribution in [0.25, 0.3) is 0 Å². The van der Waals surface area contributed by atoms with E-state index in [1.807, 2.05) is 31.2 Å². The van der Waals surface area contributed by atoms with Crippen LogP contribution in [0.15, 0.2) is 24.3 Å². The monoisotopic (exact) mass is 265 g/mol. The van der Waals surface area contributed by atoms with Crippen LogP contribution in [-0.2, 0) is 0 Å². The zero-order valence-corrected chi connectivity index (χ0v) is 11.1. The third kappa shape index (κ3) is 3.05. The van der Waals surface area contributed by atoms with Gasteiger partial charge in [-0.3, -0.25) is 0 Å². The van der Waals surface area contributed by atoms with Crippen molar-refractivity contribution >= 4 is 11.6 Å². The molecule has 1 aromatic heterocycles. The Kier molecular flexibility index (Phi) is 4.28. The lowest BCUT2D eigenvalue weighted by atomic mass is 10.0. The molecule has 0 radical (unpaired) electrons. The van der Waals surface area contributed by atoms with Crippen LogP contribution in [0.4, 0.5) is 0 Å². The SMILES string of the molecule is CCC(NC(C)c1nn[nH]n1)c1ccc(Cl)cc1. The van der Waals surface area contributed by atoms with Crippen LogP contribution in [0.2, 0.25) is 5.02 Å². The molecule has 0 fully saturated rings. The highest BCUT2D eigenvalue weighted by molar-refractivity contribution is 6.30. The molecular weight excluding hydrogens is 250 g/mol. The van der Waals surface area contributed by atoms with Gasteiger partial charge in [0.15, 0.2) is 5.82 Å². The van der Waals surface area contributed by atoms with Crippen molar-refractivity contribution in [3.8, 4) is 0 Å². The highest BCUT2D eigenvalue weighted by Gasteiger charge is 2.16. The highest BCUT2D eigenvalue weighted by Crippen LogP contribution is 2.22. The van der Waals surface area contributed by atoms with Crippen LogP contribution in [-0.4, -0.2) is 20.6 Å². The highest BCUT2D eigenvalue weighted by atomic mass is 35.5. The molecule has 2 aromatic rings. The molecule has 0 saturated carbocycles. The number of tetrazole rings is 1. The number of aromatic nitrogens is 4.